The summed E-state index contributed by atoms with van der Waals surface area (Å²) in [4.78, 5) is 48.7. The van der Waals surface area contributed by atoms with E-state index in [9.17, 15) is 41.1 Å². The maximum Gasteiger partial charge on any atom is 0.326 e. The van der Waals surface area contributed by atoms with Crippen molar-refractivity contribution < 1.29 is 45.9 Å². The first-order valence-corrected chi connectivity index (χ1v) is 21.8. The molecule has 0 radical (unpaired) electrons. The van der Waals surface area contributed by atoms with Crippen LogP contribution in [0.5, 0.6) is 0 Å². The molecule has 57 heavy (non-hydrogen) atoms. The van der Waals surface area contributed by atoms with E-state index in [1.807, 2.05) is 0 Å². The summed E-state index contributed by atoms with van der Waals surface area (Å²) in [6.45, 7) is 1.14. The number of carbonyl (C=O) groups excluding carboxylic acids is 3. The molecular formula is C41H48N4O10S2. The largest absolute Gasteiger partial charge is 0.480 e. The molecule has 0 bridgehead atoms. The number of rotatable bonds is 19. The standard InChI is InChI=1S/C41H48N4O10S2/c1-3-55-41(50)28-45(57(53,54)34-23-19-32(20-24-34)43-39(47)16-6-4-5-11-30-12-7-8-13-30)38-26-25-37(35-14-9-10-15-36(35)38)44(27-40(48)49)56(51,52)33-21-17-31(18-22-33)42-29(2)46/h9-10,14-15,17-26,30H,3-8,11-13,16,27-28H2,1-2H3,(H,42,46)(H,43,47)(H,48,49). The topological polar surface area (TPSA) is 197 Å². The van der Waals surface area contributed by atoms with Gasteiger partial charge in [-0.05, 0) is 79.9 Å². The van der Waals surface area contributed by atoms with Crippen molar-refractivity contribution in [2.24, 2.45) is 5.92 Å². The Labute approximate surface area is 333 Å². The smallest absolute Gasteiger partial charge is 0.326 e. The van der Waals surface area contributed by atoms with Crippen LogP contribution in [0.25, 0.3) is 10.8 Å². The molecule has 0 unspecified atom stereocenters. The van der Waals surface area contributed by atoms with E-state index in [4.69, 9.17) is 4.74 Å². The second kappa shape index (κ2) is 19.1. The van der Waals surface area contributed by atoms with Crippen LogP contribution < -0.4 is 19.2 Å². The van der Waals surface area contributed by atoms with Gasteiger partial charge in [-0.3, -0.25) is 27.8 Å². The van der Waals surface area contributed by atoms with E-state index in [2.05, 4.69) is 10.6 Å². The quantitative estimate of drug-likeness (QED) is 0.0660. The lowest BCUT2D eigenvalue weighted by Crippen LogP contribution is -2.37. The molecule has 0 aliphatic heterocycles. The minimum absolute atomic E-state index is 0.0000431. The van der Waals surface area contributed by atoms with Gasteiger partial charge in [-0.1, -0.05) is 69.2 Å². The van der Waals surface area contributed by atoms with Gasteiger partial charge in [0, 0.05) is 35.5 Å². The first kappa shape index (κ1) is 42.7. The van der Waals surface area contributed by atoms with Crippen molar-refractivity contribution in [3.8, 4) is 0 Å². The van der Waals surface area contributed by atoms with Gasteiger partial charge in [0.25, 0.3) is 20.0 Å². The Morgan fingerprint density at radius 3 is 1.70 bits per heavy atom. The molecule has 1 saturated carbocycles. The summed E-state index contributed by atoms with van der Waals surface area (Å²) in [5, 5.41) is 15.6. The van der Waals surface area contributed by atoms with E-state index in [1.54, 1.807) is 19.1 Å². The van der Waals surface area contributed by atoms with Crippen LogP contribution in [0.1, 0.15) is 71.6 Å². The summed E-state index contributed by atoms with van der Waals surface area (Å²) >= 11 is 0. The van der Waals surface area contributed by atoms with Crippen LogP contribution in [0.3, 0.4) is 0 Å². The van der Waals surface area contributed by atoms with Crippen LogP contribution in [0.2, 0.25) is 0 Å². The summed E-state index contributed by atoms with van der Waals surface area (Å²) in [7, 11) is -9.04. The molecule has 0 spiro atoms. The minimum Gasteiger partial charge on any atom is -0.480 e. The van der Waals surface area contributed by atoms with E-state index in [-0.39, 0.29) is 50.4 Å². The summed E-state index contributed by atoms with van der Waals surface area (Å²) in [6.07, 6.45) is 9.59. The molecule has 1 fully saturated rings. The van der Waals surface area contributed by atoms with Crippen LogP contribution in [-0.4, -0.2) is 65.4 Å². The van der Waals surface area contributed by atoms with Gasteiger partial charge in [0.1, 0.15) is 13.1 Å². The molecule has 0 saturated heterocycles. The number of carboxylic acids is 1. The van der Waals surface area contributed by atoms with Crippen LogP contribution >= 0.6 is 0 Å². The number of ether oxygens (including phenoxy) is 1. The number of sulfonamides is 2. The van der Waals surface area contributed by atoms with Crippen LogP contribution in [0.4, 0.5) is 22.7 Å². The Balaban J connectivity index is 1.44. The summed E-state index contributed by atoms with van der Waals surface area (Å²) in [5.74, 6) is -2.04. The van der Waals surface area contributed by atoms with Gasteiger partial charge in [-0.2, -0.15) is 0 Å². The maximum absolute atomic E-state index is 14.4. The second-order valence-corrected chi connectivity index (χ2v) is 17.6. The number of aliphatic carboxylic acids is 1. The molecule has 5 rings (SSSR count). The normalized spacial score (nSPS) is 13.2. The number of hydrogen-bond donors (Lipinski definition) is 3. The van der Waals surface area contributed by atoms with Crippen molar-refractivity contribution in [1.29, 1.82) is 0 Å². The number of nitrogens with one attached hydrogen (secondary N) is 2. The number of benzene rings is 4. The number of carboxylic acid groups (broad SMARTS) is 1. The highest BCUT2D eigenvalue weighted by atomic mass is 32.2. The molecule has 0 heterocycles. The number of nitrogens with zero attached hydrogens (tertiary/aromatic N) is 2. The zero-order chi connectivity index (χ0) is 41.2. The van der Waals surface area contributed by atoms with E-state index in [0.717, 1.165) is 29.5 Å². The summed E-state index contributed by atoms with van der Waals surface area (Å²) < 4.78 is 63.5. The third kappa shape index (κ3) is 10.9. The van der Waals surface area contributed by atoms with E-state index in [1.165, 1.54) is 112 Å². The number of esters is 1. The Bertz CT molecular complexity index is 2290. The molecule has 2 amide bonds. The first-order chi connectivity index (χ1) is 27.2. The number of fused-ring (bicyclic) bond motifs is 1. The molecule has 16 heteroatoms. The average Bonchev–Trinajstić information content (AvgIpc) is 3.69. The van der Waals surface area contributed by atoms with Gasteiger partial charge in [0.15, 0.2) is 0 Å². The monoisotopic (exact) mass is 820 g/mol. The third-order valence-corrected chi connectivity index (χ3v) is 13.3. The lowest BCUT2D eigenvalue weighted by molar-refractivity contribution is -0.141. The van der Waals surface area contributed by atoms with E-state index < -0.39 is 45.1 Å². The molecule has 304 valence electrons. The van der Waals surface area contributed by atoms with Gasteiger partial charge in [-0.15, -0.1) is 0 Å². The lowest BCUT2D eigenvalue weighted by atomic mass is 9.99. The second-order valence-electron chi connectivity index (χ2n) is 13.9. The Morgan fingerprint density at radius 1 is 0.702 bits per heavy atom. The molecule has 4 aromatic carbocycles. The predicted molar refractivity (Wildman–Crippen MR) is 218 cm³/mol. The molecule has 3 N–H and O–H groups in total. The van der Waals surface area contributed by atoms with E-state index >= 15 is 0 Å². The fourth-order valence-corrected chi connectivity index (χ4v) is 9.91. The van der Waals surface area contributed by atoms with Gasteiger partial charge < -0.3 is 20.5 Å². The van der Waals surface area contributed by atoms with Crippen molar-refractivity contribution >= 4 is 77.3 Å². The van der Waals surface area contributed by atoms with Crippen LogP contribution in [0.15, 0.2) is 94.7 Å². The molecule has 1 aliphatic carbocycles. The van der Waals surface area contributed by atoms with Gasteiger partial charge in [-0.25, -0.2) is 16.8 Å². The molecule has 14 nitrogen and oxygen atoms in total. The molecular weight excluding hydrogens is 773 g/mol. The fourth-order valence-electron chi connectivity index (χ4n) is 7.04. The molecule has 1 aliphatic rings. The molecule has 0 aromatic heterocycles. The Kier molecular flexibility index (Phi) is 14.3. The van der Waals surface area contributed by atoms with Crippen molar-refractivity contribution in [3.63, 3.8) is 0 Å². The fraction of sp³-hybridized carbons (Fsp3) is 0.366. The van der Waals surface area contributed by atoms with Gasteiger partial charge in [0.2, 0.25) is 11.8 Å². The first-order valence-electron chi connectivity index (χ1n) is 18.9. The SMILES string of the molecule is CCOC(=O)CN(c1ccc(N(CC(=O)O)S(=O)(=O)c2ccc(NC(C)=O)cc2)c2ccccc12)S(=O)(=O)c1ccc(NC(=O)CCCCCC2CCCC2)cc1. The highest BCUT2D eigenvalue weighted by molar-refractivity contribution is 7.93. The zero-order valence-corrected chi connectivity index (χ0v) is 33.6. The number of unbranched alkanes of at least 4 members (excludes halogenated alkanes) is 2. The van der Waals surface area contributed by atoms with Gasteiger partial charge in [0.05, 0.1) is 27.8 Å². The van der Waals surface area contributed by atoms with E-state index in [0.29, 0.717) is 22.1 Å². The zero-order valence-electron chi connectivity index (χ0n) is 32.0. The van der Waals surface area contributed by atoms with Crippen molar-refractivity contribution in [2.45, 2.75) is 81.4 Å². The summed E-state index contributed by atoms with van der Waals surface area (Å²) in [5.41, 5.74) is 0.671. The van der Waals surface area contributed by atoms with Crippen LogP contribution in [-0.2, 0) is 44.0 Å². The Morgan fingerprint density at radius 2 is 1.21 bits per heavy atom. The summed E-state index contributed by atoms with van der Waals surface area (Å²) in [6, 6.07) is 19.6. The predicted octanol–water partition coefficient (Wildman–Crippen LogP) is 6.92. The molecule has 0 atom stereocenters. The van der Waals surface area contributed by atoms with Crippen molar-refractivity contribution in [2.75, 3.05) is 38.9 Å². The highest BCUT2D eigenvalue weighted by Gasteiger charge is 2.33. The highest BCUT2D eigenvalue weighted by Crippen LogP contribution is 2.39. The lowest BCUT2D eigenvalue weighted by Gasteiger charge is -2.28. The number of carbonyl (C=O) groups is 4. The number of hydrogen-bond acceptors (Lipinski definition) is 9. The average molecular weight is 821 g/mol. The van der Waals surface area contributed by atoms with Crippen LogP contribution in [0, 0.1) is 5.92 Å². The van der Waals surface area contributed by atoms with Crippen molar-refractivity contribution in [1.82, 2.24) is 0 Å². The number of amides is 2. The van der Waals surface area contributed by atoms with Gasteiger partial charge >= 0.3 is 11.9 Å². The molecule has 4 aromatic rings. The minimum atomic E-state index is -4.54. The Hall–Kier alpha value is -5.48. The van der Waals surface area contributed by atoms with Crippen molar-refractivity contribution in [3.05, 3.63) is 84.9 Å². The maximum atomic E-state index is 14.4. The number of anilines is 4. The third-order valence-electron chi connectivity index (χ3n) is 9.75.